The minimum absolute atomic E-state index is 0.00426. The minimum atomic E-state index is -4.48. The number of nitrogens with one attached hydrogen (secondary N) is 2. The van der Waals surface area contributed by atoms with Crippen LogP contribution in [0.3, 0.4) is 0 Å². The predicted octanol–water partition coefficient (Wildman–Crippen LogP) is 4.59. The molecule has 2 rings (SSSR count). The third-order valence-electron chi connectivity index (χ3n) is 3.25. The zero-order valence-electron chi connectivity index (χ0n) is 10.6. The number of hydrogen-bond acceptors (Lipinski definition) is 1. The van der Waals surface area contributed by atoms with Gasteiger partial charge in [0.1, 0.15) is 0 Å². The van der Waals surface area contributed by atoms with Gasteiger partial charge in [0.25, 0.3) is 0 Å². The molecule has 0 unspecified atom stereocenters. The van der Waals surface area contributed by atoms with Gasteiger partial charge in [0.2, 0.25) is 0 Å². The zero-order chi connectivity index (χ0) is 14.8. The summed E-state index contributed by atoms with van der Waals surface area (Å²) in [5.74, 6) is 0. The number of thiocarbonyl (C=S) groups is 1. The molecule has 1 aliphatic rings. The van der Waals surface area contributed by atoms with Gasteiger partial charge in [-0.25, -0.2) is 0 Å². The Labute approximate surface area is 125 Å². The summed E-state index contributed by atoms with van der Waals surface area (Å²) in [6.07, 6.45) is -0.288. The van der Waals surface area contributed by atoms with Gasteiger partial charge in [0.05, 0.1) is 16.3 Å². The SMILES string of the molecule is FC(F)(F)c1cccc(Cl)c1NC(=S)NC1CCCC1. The number of rotatable bonds is 2. The van der Waals surface area contributed by atoms with E-state index in [9.17, 15) is 13.2 Å². The largest absolute Gasteiger partial charge is 0.418 e. The third kappa shape index (κ3) is 3.76. The average Bonchev–Trinajstić information content (AvgIpc) is 2.83. The molecule has 0 aromatic heterocycles. The maximum Gasteiger partial charge on any atom is 0.418 e. The number of benzene rings is 1. The first-order valence-corrected chi connectivity index (χ1v) is 7.10. The van der Waals surface area contributed by atoms with E-state index >= 15 is 0 Å². The van der Waals surface area contributed by atoms with E-state index in [4.69, 9.17) is 23.8 Å². The molecule has 0 spiro atoms. The number of hydrogen-bond donors (Lipinski definition) is 2. The van der Waals surface area contributed by atoms with Gasteiger partial charge in [0, 0.05) is 6.04 Å². The fourth-order valence-electron chi connectivity index (χ4n) is 2.29. The van der Waals surface area contributed by atoms with Gasteiger partial charge in [0.15, 0.2) is 5.11 Å². The van der Waals surface area contributed by atoms with Crippen LogP contribution in [0.25, 0.3) is 0 Å². The van der Waals surface area contributed by atoms with Crippen molar-refractivity contribution in [2.45, 2.75) is 37.9 Å². The maximum absolute atomic E-state index is 12.9. The van der Waals surface area contributed by atoms with Crippen molar-refractivity contribution in [3.63, 3.8) is 0 Å². The van der Waals surface area contributed by atoms with Crippen LogP contribution in [0.15, 0.2) is 18.2 Å². The molecular weight excluding hydrogens is 309 g/mol. The number of anilines is 1. The number of para-hydroxylation sites is 1. The van der Waals surface area contributed by atoms with Gasteiger partial charge < -0.3 is 10.6 Å². The third-order valence-corrected chi connectivity index (χ3v) is 3.78. The molecule has 0 radical (unpaired) electrons. The molecule has 0 atom stereocenters. The van der Waals surface area contributed by atoms with Crippen molar-refractivity contribution >= 4 is 34.6 Å². The molecule has 1 aromatic carbocycles. The summed E-state index contributed by atoms with van der Waals surface area (Å²) in [4.78, 5) is 0. The maximum atomic E-state index is 12.9. The van der Waals surface area contributed by atoms with Crippen LogP contribution in [0, 0.1) is 0 Å². The van der Waals surface area contributed by atoms with E-state index in [0.29, 0.717) is 0 Å². The zero-order valence-corrected chi connectivity index (χ0v) is 12.1. The van der Waals surface area contributed by atoms with Crippen LogP contribution in [0.4, 0.5) is 18.9 Å². The Balaban J connectivity index is 2.13. The van der Waals surface area contributed by atoms with Crippen LogP contribution >= 0.6 is 23.8 Å². The Morgan fingerprint density at radius 1 is 1.25 bits per heavy atom. The van der Waals surface area contributed by atoms with Crippen LogP contribution < -0.4 is 10.6 Å². The lowest BCUT2D eigenvalue weighted by atomic mass is 10.1. The fraction of sp³-hybridized carbons (Fsp3) is 0.462. The normalized spacial score (nSPS) is 16.2. The van der Waals surface area contributed by atoms with E-state index in [2.05, 4.69) is 10.6 Å². The first-order chi connectivity index (χ1) is 9.38. The Morgan fingerprint density at radius 2 is 1.90 bits per heavy atom. The molecule has 0 heterocycles. The summed E-state index contributed by atoms with van der Waals surface area (Å²) in [5.41, 5.74) is -1.02. The molecule has 0 aliphatic heterocycles. The van der Waals surface area contributed by atoms with Crippen molar-refractivity contribution in [3.05, 3.63) is 28.8 Å². The van der Waals surface area contributed by atoms with E-state index < -0.39 is 11.7 Å². The Bertz CT molecular complexity index is 499. The van der Waals surface area contributed by atoms with Crippen molar-refractivity contribution in [2.75, 3.05) is 5.32 Å². The van der Waals surface area contributed by atoms with Crippen molar-refractivity contribution in [3.8, 4) is 0 Å². The molecule has 1 saturated carbocycles. The van der Waals surface area contributed by atoms with Gasteiger partial charge >= 0.3 is 6.18 Å². The van der Waals surface area contributed by atoms with Gasteiger partial charge in [-0.05, 0) is 37.2 Å². The van der Waals surface area contributed by atoms with Crippen LogP contribution in [-0.2, 0) is 6.18 Å². The van der Waals surface area contributed by atoms with Crippen LogP contribution in [0.5, 0.6) is 0 Å². The summed E-state index contributed by atoms with van der Waals surface area (Å²) < 4.78 is 38.8. The second-order valence-electron chi connectivity index (χ2n) is 4.74. The van der Waals surface area contributed by atoms with Crippen molar-refractivity contribution in [2.24, 2.45) is 0 Å². The van der Waals surface area contributed by atoms with E-state index in [-0.39, 0.29) is 21.9 Å². The standard InChI is InChI=1S/C13H14ClF3N2S/c14-10-7-3-6-9(13(15,16)17)11(10)19-12(20)18-8-4-1-2-5-8/h3,6-8H,1-2,4-5H2,(H2,18,19,20). The van der Waals surface area contributed by atoms with Crippen LogP contribution in [-0.4, -0.2) is 11.2 Å². The summed E-state index contributed by atoms with van der Waals surface area (Å²) >= 11 is 10.9. The summed E-state index contributed by atoms with van der Waals surface area (Å²) in [6, 6.07) is 3.87. The second-order valence-corrected chi connectivity index (χ2v) is 5.56. The lowest BCUT2D eigenvalue weighted by Crippen LogP contribution is -2.36. The Hall–Kier alpha value is -1.01. The quantitative estimate of drug-likeness (QED) is 0.779. The topological polar surface area (TPSA) is 24.1 Å². The molecule has 2 N–H and O–H groups in total. The van der Waals surface area contributed by atoms with Gasteiger partial charge in [-0.15, -0.1) is 0 Å². The highest BCUT2D eigenvalue weighted by molar-refractivity contribution is 7.80. The Morgan fingerprint density at radius 3 is 2.50 bits per heavy atom. The van der Waals surface area contributed by atoms with E-state index in [1.54, 1.807) is 0 Å². The van der Waals surface area contributed by atoms with Gasteiger partial charge in [-0.2, -0.15) is 13.2 Å². The second kappa shape index (κ2) is 6.18. The molecule has 1 aliphatic carbocycles. The molecular formula is C13H14ClF3N2S. The molecule has 2 nitrogen and oxygen atoms in total. The Kier molecular flexibility index (Phi) is 4.75. The van der Waals surface area contributed by atoms with Crippen LogP contribution in [0.1, 0.15) is 31.2 Å². The lowest BCUT2D eigenvalue weighted by Gasteiger charge is -2.19. The van der Waals surface area contributed by atoms with Crippen molar-refractivity contribution < 1.29 is 13.2 Å². The molecule has 0 amide bonds. The monoisotopic (exact) mass is 322 g/mol. The van der Waals surface area contributed by atoms with E-state index in [1.807, 2.05) is 0 Å². The van der Waals surface area contributed by atoms with Gasteiger partial charge in [-0.1, -0.05) is 30.5 Å². The predicted molar refractivity (Wildman–Crippen MR) is 78.1 cm³/mol. The smallest absolute Gasteiger partial charge is 0.360 e. The van der Waals surface area contributed by atoms with E-state index in [1.165, 1.54) is 12.1 Å². The molecule has 1 fully saturated rings. The summed E-state index contributed by atoms with van der Waals surface area (Å²) in [6.45, 7) is 0. The molecule has 110 valence electrons. The van der Waals surface area contributed by atoms with Crippen LogP contribution in [0.2, 0.25) is 5.02 Å². The highest BCUT2D eigenvalue weighted by Gasteiger charge is 2.34. The summed E-state index contributed by atoms with van der Waals surface area (Å²) in [5, 5.41) is 5.78. The van der Waals surface area contributed by atoms with Crippen molar-refractivity contribution in [1.82, 2.24) is 5.32 Å². The molecule has 0 bridgehead atoms. The fourth-order valence-corrected chi connectivity index (χ4v) is 2.78. The number of halogens is 4. The molecule has 20 heavy (non-hydrogen) atoms. The highest BCUT2D eigenvalue weighted by atomic mass is 35.5. The minimum Gasteiger partial charge on any atom is -0.360 e. The van der Waals surface area contributed by atoms with E-state index in [0.717, 1.165) is 31.7 Å². The van der Waals surface area contributed by atoms with Gasteiger partial charge in [-0.3, -0.25) is 0 Å². The first-order valence-electron chi connectivity index (χ1n) is 6.31. The molecule has 1 aromatic rings. The summed E-state index contributed by atoms with van der Waals surface area (Å²) in [7, 11) is 0. The average molecular weight is 323 g/mol. The highest BCUT2D eigenvalue weighted by Crippen LogP contribution is 2.38. The molecule has 7 heteroatoms. The lowest BCUT2D eigenvalue weighted by molar-refractivity contribution is -0.136. The first kappa shape index (κ1) is 15.4. The van der Waals surface area contributed by atoms with Crippen molar-refractivity contribution in [1.29, 1.82) is 0 Å². The molecule has 0 saturated heterocycles. The number of alkyl halides is 3.